The van der Waals surface area contributed by atoms with Crippen molar-refractivity contribution in [3.05, 3.63) is 36.0 Å². The first kappa shape index (κ1) is 22.3. The molecule has 3 rings (SSSR count). The summed E-state index contributed by atoms with van der Waals surface area (Å²) in [5.74, 6) is -3.54. The number of halogens is 2. The fourth-order valence-corrected chi connectivity index (χ4v) is 3.72. The van der Waals surface area contributed by atoms with Gasteiger partial charge in [-0.25, -0.2) is 27.3 Å². The molecule has 0 spiro atoms. The first-order chi connectivity index (χ1) is 14.0. The smallest absolute Gasteiger partial charge is 0.277 e. The summed E-state index contributed by atoms with van der Waals surface area (Å²) < 4.78 is 56.5. The van der Waals surface area contributed by atoms with Gasteiger partial charge in [-0.05, 0) is 43.5 Å². The second-order valence-electron chi connectivity index (χ2n) is 7.36. The number of benzene rings is 1. The van der Waals surface area contributed by atoms with E-state index in [2.05, 4.69) is 15.3 Å². The number of aliphatic hydroxyl groups excluding tert-OH is 1. The van der Waals surface area contributed by atoms with E-state index in [0.717, 1.165) is 32.4 Å². The van der Waals surface area contributed by atoms with Crippen molar-refractivity contribution in [2.75, 3.05) is 5.32 Å². The summed E-state index contributed by atoms with van der Waals surface area (Å²) in [6.07, 6.45) is 3.28. The molecule has 0 aliphatic heterocycles. The van der Waals surface area contributed by atoms with Gasteiger partial charge in [-0.15, -0.1) is 0 Å². The molecule has 1 aromatic heterocycles. The summed E-state index contributed by atoms with van der Waals surface area (Å²) in [5.41, 5.74) is -0.0482. The van der Waals surface area contributed by atoms with Gasteiger partial charge in [0, 0.05) is 18.8 Å². The van der Waals surface area contributed by atoms with Crippen LogP contribution in [0.4, 0.5) is 20.4 Å². The Morgan fingerprint density at radius 3 is 2.50 bits per heavy atom. The molecule has 4 N–H and O–H groups in total. The Hall–Kier alpha value is -2.37. The minimum Gasteiger partial charge on any atom is -0.471 e. The molecule has 0 amide bonds. The fourth-order valence-electron chi connectivity index (χ4n) is 3.21. The Labute approximate surface area is 173 Å². The molecule has 1 aliphatic rings. The number of nitrogens with one attached hydrogen (secondary N) is 1. The number of nitrogens with zero attached hydrogens (tertiary/aromatic N) is 2. The van der Waals surface area contributed by atoms with E-state index in [0.29, 0.717) is 18.5 Å². The molecule has 2 atom stereocenters. The first-order valence-electron chi connectivity index (χ1n) is 9.54. The van der Waals surface area contributed by atoms with E-state index in [-0.39, 0.29) is 16.7 Å². The van der Waals surface area contributed by atoms with Crippen LogP contribution < -0.4 is 15.2 Å². The molecule has 30 heavy (non-hydrogen) atoms. The van der Waals surface area contributed by atoms with Gasteiger partial charge in [-0.3, -0.25) is 0 Å². The number of ether oxygens (including phenoxy) is 1. The molecule has 1 saturated carbocycles. The van der Waals surface area contributed by atoms with Gasteiger partial charge in [-0.2, -0.15) is 4.98 Å². The number of hydrogen-bond donors (Lipinski definition) is 3. The highest BCUT2D eigenvalue weighted by Gasteiger charge is 2.33. The summed E-state index contributed by atoms with van der Waals surface area (Å²) in [7, 11) is -3.83. The molecule has 1 heterocycles. The molecule has 0 saturated heterocycles. The van der Waals surface area contributed by atoms with E-state index in [9.17, 15) is 22.3 Å². The van der Waals surface area contributed by atoms with Gasteiger partial charge in [0.1, 0.15) is 11.7 Å². The van der Waals surface area contributed by atoms with Crippen molar-refractivity contribution in [2.45, 2.75) is 62.1 Å². The molecule has 1 fully saturated rings. The second kappa shape index (κ2) is 8.78. The standard InChI is InChI=1S/C19H24F2N4O4S/c1-19(20,21)14-11-23-18(24-12-7-9-13(10-8-12)30(22,27)28)25-17(14)29-16-6-4-2-3-5-15(16)26/h7-11,15-16,26H,2-6H2,1H3,(H2,22,27,28)(H,23,24,25)/t15-,16+/m1/s1. The monoisotopic (exact) mass is 442 g/mol. The molecule has 8 nitrogen and oxygen atoms in total. The van der Waals surface area contributed by atoms with Crippen LogP contribution in [0.25, 0.3) is 0 Å². The number of primary sulfonamides is 1. The third kappa shape index (κ3) is 5.61. The van der Waals surface area contributed by atoms with E-state index in [4.69, 9.17) is 9.88 Å². The summed E-state index contributed by atoms with van der Waals surface area (Å²) >= 11 is 0. The number of rotatable bonds is 6. The van der Waals surface area contributed by atoms with Crippen LogP contribution in [0, 0.1) is 0 Å². The van der Waals surface area contributed by atoms with Crippen LogP contribution in [0.5, 0.6) is 5.88 Å². The lowest BCUT2D eigenvalue weighted by atomic mass is 10.1. The Morgan fingerprint density at radius 1 is 1.20 bits per heavy atom. The van der Waals surface area contributed by atoms with E-state index >= 15 is 0 Å². The minimum atomic E-state index is -3.83. The number of alkyl halides is 2. The molecule has 11 heteroatoms. The number of hydrogen-bond acceptors (Lipinski definition) is 7. The number of aliphatic hydroxyl groups is 1. The van der Waals surface area contributed by atoms with Gasteiger partial charge in [-0.1, -0.05) is 12.8 Å². The fraction of sp³-hybridized carbons (Fsp3) is 0.474. The van der Waals surface area contributed by atoms with Crippen LogP contribution in [-0.4, -0.2) is 35.7 Å². The lowest BCUT2D eigenvalue weighted by Crippen LogP contribution is -2.31. The van der Waals surface area contributed by atoms with Gasteiger partial charge in [0.25, 0.3) is 5.92 Å². The Kier molecular flexibility index (Phi) is 6.53. The highest BCUT2D eigenvalue weighted by atomic mass is 32.2. The van der Waals surface area contributed by atoms with Crippen molar-refractivity contribution >= 4 is 21.7 Å². The Bertz CT molecular complexity index is 981. The summed E-state index contributed by atoms with van der Waals surface area (Å²) in [6.45, 7) is 0.723. The predicted octanol–water partition coefficient (Wildman–Crippen LogP) is 3.05. The van der Waals surface area contributed by atoms with Gasteiger partial charge in [0.2, 0.25) is 21.9 Å². The van der Waals surface area contributed by atoms with Crippen molar-refractivity contribution in [2.24, 2.45) is 5.14 Å². The maximum atomic E-state index is 14.0. The van der Waals surface area contributed by atoms with E-state index < -0.39 is 33.7 Å². The number of aromatic nitrogens is 2. The van der Waals surface area contributed by atoms with Gasteiger partial charge in [0.05, 0.1) is 11.0 Å². The summed E-state index contributed by atoms with van der Waals surface area (Å²) in [4.78, 5) is 7.93. The van der Waals surface area contributed by atoms with Crippen molar-refractivity contribution in [3.63, 3.8) is 0 Å². The van der Waals surface area contributed by atoms with Crippen LogP contribution in [0.1, 0.15) is 44.6 Å². The quantitative estimate of drug-likeness (QED) is 0.587. The largest absolute Gasteiger partial charge is 0.471 e. The van der Waals surface area contributed by atoms with E-state index in [1.165, 1.54) is 24.3 Å². The maximum Gasteiger partial charge on any atom is 0.277 e. The number of nitrogens with two attached hydrogens (primary N) is 1. The lowest BCUT2D eigenvalue weighted by molar-refractivity contribution is 0.000278. The number of anilines is 2. The molecule has 2 aromatic rings. The van der Waals surface area contributed by atoms with Crippen LogP contribution in [0.2, 0.25) is 0 Å². The highest BCUT2D eigenvalue weighted by Crippen LogP contribution is 2.35. The SMILES string of the molecule is CC(F)(F)c1cnc(Nc2ccc(S(N)(=O)=O)cc2)nc1O[C@H]1CCCCC[C@H]1O. The first-order valence-corrected chi connectivity index (χ1v) is 11.1. The van der Waals surface area contributed by atoms with Gasteiger partial charge < -0.3 is 15.2 Å². The maximum absolute atomic E-state index is 14.0. The van der Waals surface area contributed by atoms with Gasteiger partial charge >= 0.3 is 0 Å². The van der Waals surface area contributed by atoms with Crippen LogP contribution in [0.15, 0.2) is 35.4 Å². The third-order valence-electron chi connectivity index (χ3n) is 4.85. The Morgan fingerprint density at radius 2 is 1.87 bits per heavy atom. The topological polar surface area (TPSA) is 127 Å². The zero-order valence-corrected chi connectivity index (χ0v) is 17.2. The van der Waals surface area contributed by atoms with Gasteiger partial charge in [0.15, 0.2) is 0 Å². The average molecular weight is 442 g/mol. The van der Waals surface area contributed by atoms with Crippen LogP contribution in [-0.2, 0) is 15.9 Å². The minimum absolute atomic E-state index is 0.00975. The normalized spacial score (nSPS) is 20.4. The average Bonchev–Trinajstić information content (AvgIpc) is 2.85. The molecule has 0 radical (unpaired) electrons. The van der Waals surface area contributed by atoms with Crippen molar-refractivity contribution in [3.8, 4) is 5.88 Å². The van der Waals surface area contributed by atoms with Crippen molar-refractivity contribution in [1.29, 1.82) is 0 Å². The number of sulfonamides is 1. The Balaban J connectivity index is 1.86. The van der Waals surface area contributed by atoms with Crippen molar-refractivity contribution < 1.29 is 27.0 Å². The second-order valence-corrected chi connectivity index (χ2v) is 8.92. The van der Waals surface area contributed by atoms with Crippen LogP contribution in [0.3, 0.4) is 0 Å². The summed E-state index contributed by atoms with van der Waals surface area (Å²) in [5, 5.41) is 18.2. The molecule has 0 bridgehead atoms. The zero-order valence-electron chi connectivity index (χ0n) is 16.4. The molecule has 0 unspecified atom stereocenters. The van der Waals surface area contributed by atoms with Crippen molar-refractivity contribution in [1.82, 2.24) is 9.97 Å². The molecule has 1 aromatic carbocycles. The lowest BCUT2D eigenvalue weighted by Gasteiger charge is -2.24. The predicted molar refractivity (Wildman–Crippen MR) is 106 cm³/mol. The zero-order chi connectivity index (χ0) is 21.9. The molecule has 1 aliphatic carbocycles. The summed E-state index contributed by atoms with van der Waals surface area (Å²) in [6, 6.07) is 5.49. The van der Waals surface area contributed by atoms with Crippen LogP contribution >= 0.6 is 0 Å². The molecular weight excluding hydrogens is 418 g/mol. The molecular formula is C19H24F2N4O4S. The van der Waals surface area contributed by atoms with E-state index in [1.54, 1.807) is 0 Å². The third-order valence-corrected chi connectivity index (χ3v) is 5.78. The van der Waals surface area contributed by atoms with E-state index in [1.807, 2.05) is 0 Å². The molecule has 164 valence electrons. The highest BCUT2D eigenvalue weighted by molar-refractivity contribution is 7.89.